The van der Waals surface area contributed by atoms with Crippen molar-refractivity contribution in [2.24, 2.45) is 5.92 Å². The third-order valence-electron chi connectivity index (χ3n) is 4.58. The highest BCUT2D eigenvalue weighted by molar-refractivity contribution is 5.76. The summed E-state index contributed by atoms with van der Waals surface area (Å²) in [5.41, 5.74) is 0.622. The van der Waals surface area contributed by atoms with Crippen molar-refractivity contribution in [1.29, 1.82) is 0 Å². The van der Waals surface area contributed by atoms with E-state index >= 15 is 0 Å². The van der Waals surface area contributed by atoms with E-state index < -0.39 is 0 Å². The van der Waals surface area contributed by atoms with Gasteiger partial charge in [-0.15, -0.1) is 0 Å². The van der Waals surface area contributed by atoms with E-state index in [0.717, 1.165) is 6.54 Å². The van der Waals surface area contributed by atoms with Crippen molar-refractivity contribution >= 4 is 5.91 Å². The van der Waals surface area contributed by atoms with Crippen LogP contribution in [-0.2, 0) is 11.2 Å². The molecule has 2 bridgehead atoms. The molecule has 4 heteroatoms. The van der Waals surface area contributed by atoms with Crippen LogP contribution in [0.4, 0.5) is 4.39 Å². The first-order valence-corrected chi connectivity index (χ1v) is 7.47. The van der Waals surface area contributed by atoms with E-state index in [1.165, 1.54) is 32.0 Å². The van der Waals surface area contributed by atoms with E-state index in [4.69, 9.17) is 0 Å². The molecule has 0 aromatic heterocycles. The number of aryl methyl sites for hydroxylation is 1. The second-order valence-corrected chi connectivity index (χ2v) is 5.90. The second-order valence-electron chi connectivity index (χ2n) is 5.90. The number of nitrogens with one attached hydrogen (secondary N) is 1. The number of halogens is 1. The molecule has 1 aromatic rings. The van der Waals surface area contributed by atoms with Crippen LogP contribution in [0, 0.1) is 11.7 Å². The van der Waals surface area contributed by atoms with Crippen LogP contribution in [0.3, 0.4) is 0 Å². The molecule has 3 aliphatic heterocycles. The SMILES string of the molecule is O=C(CCc1ccccc1F)NC1CN2CCC1CC2. The van der Waals surface area contributed by atoms with E-state index in [1.807, 2.05) is 6.07 Å². The molecule has 3 heterocycles. The van der Waals surface area contributed by atoms with Crippen molar-refractivity contribution in [2.75, 3.05) is 19.6 Å². The minimum atomic E-state index is -0.219. The summed E-state index contributed by atoms with van der Waals surface area (Å²) in [5, 5.41) is 3.14. The van der Waals surface area contributed by atoms with Crippen molar-refractivity contribution < 1.29 is 9.18 Å². The highest BCUT2D eigenvalue weighted by Gasteiger charge is 2.34. The Morgan fingerprint density at radius 3 is 2.70 bits per heavy atom. The number of hydrogen-bond donors (Lipinski definition) is 1. The highest BCUT2D eigenvalue weighted by Crippen LogP contribution is 2.27. The van der Waals surface area contributed by atoms with Gasteiger partial charge in [0.15, 0.2) is 0 Å². The molecular formula is C16H21FN2O. The number of nitrogens with zero attached hydrogens (tertiary/aromatic N) is 1. The molecule has 0 radical (unpaired) electrons. The van der Waals surface area contributed by atoms with Gasteiger partial charge in [-0.2, -0.15) is 0 Å². The van der Waals surface area contributed by atoms with Gasteiger partial charge in [0.05, 0.1) is 0 Å². The maximum atomic E-state index is 13.5. The van der Waals surface area contributed by atoms with Crippen LogP contribution in [0.25, 0.3) is 0 Å². The molecule has 3 saturated heterocycles. The fourth-order valence-corrected chi connectivity index (χ4v) is 3.36. The van der Waals surface area contributed by atoms with E-state index in [2.05, 4.69) is 10.2 Å². The number of carbonyl (C=O) groups is 1. The molecule has 1 aromatic carbocycles. The van der Waals surface area contributed by atoms with Gasteiger partial charge < -0.3 is 10.2 Å². The molecule has 4 rings (SSSR count). The highest BCUT2D eigenvalue weighted by atomic mass is 19.1. The average molecular weight is 276 g/mol. The standard InChI is InChI=1S/C16H21FN2O/c17-14-4-2-1-3-12(14)5-6-16(20)18-15-11-19-9-7-13(15)8-10-19/h1-4,13,15H,5-11H2,(H,18,20). The fraction of sp³-hybridized carbons (Fsp3) is 0.562. The Balaban J connectivity index is 1.49. The Bertz CT molecular complexity index is 483. The first-order valence-electron chi connectivity index (χ1n) is 7.47. The summed E-state index contributed by atoms with van der Waals surface area (Å²) in [6.45, 7) is 3.33. The first kappa shape index (κ1) is 13.6. The summed E-state index contributed by atoms with van der Waals surface area (Å²) in [6, 6.07) is 6.97. The van der Waals surface area contributed by atoms with Crippen LogP contribution in [0.5, 0.6) is 0 Å². The molecule has 1 unspecified atom stereocenters. The molecule has 3 nitrogen and oxygen atoms in total. The van der Waals surface area contributed by atoms with Crippen LogP contribution in [0.15, 0.2) is 24.3 Å². The quantitative estimate of drug-likeness (QED) is 0.912. The molecule has 1 N–H and O–H groups in total. The van der Waals surface area contributed by atoms with Crippen molar-refractivity contribution in [2.45, 2.75) is 31.7 Å². The van der Waals surface area contributed by atoms with Crippen molar-refractivity contribution in [3.8, 4) is 0 Å². The molecular weight excluding hydrogens is 255 g/mol. The summed E-state index contributed by atoms with van der Waals surface area (Å²) in [4.78, 5) is 14.4. The van der Waals surface area contributed by atoms with E-state index in [1.54, 1.807) is 12.1 Å². The van der Waals surface area contributed by atoms with E-state index in [0.29, 0.717) is 30.4 Å². The molecule has 1 amide bonds. The summed E-state index contributed by atoms with van der Waals surface area (Å²) >= 11 is 0. The molecule has 1 atom stereocenters. The molecule has 3 fully saturated rings. The lowest BCUT2D eigenvalue weighted by atomic mass is 9.84. The van der Waals surface area contributed by atoms with Crippen LogP contribution in [-0.4, -0.2) is 36.5 Å². The molecule has 108 valence electrons. The van der Waals surface area contributed by atoms with Crippen molar-refractivity contribution in [3.63, 3.8) is 0 Å². The van der Waals surface area contributed by atoms with E-state index in [9.17, 15) is 9.18 Å². The Kier molecular flexibility index (Phi) is 4.01. The fourth-order valence-electron chi connectivity index (χ4n) is 3.36. The average Bonchev–Trinajstić information content (AvgIpc) is 2.48. The van der Waals surface area contributed by atoms with Gasteiger partial charge in [-0.1, -0.05) is 18.2 Å². The Labute approximate surface area is 119 Å². The molecule has 0 saturated carbocycles. The minimum absolute atomic E-state index is 0.0482. The van der Waals surface area contributed by atoms with Gasteiger partial charge in [-0.05, 0) is 49.9 Å². The molecule has 20 heavy (non-hydrogen) atoms. The molecule has 3 aliphatic rings. The van der Waals surface area contributed by atoms with Crippen LogP contribution >= 0.6 is 0 Å². The Hall–Kier alpha value is -1.42. The molecule has 0 spiro atoms. The number of hydrogen-bond acceptors (Lipinski definition) is 2. The van der Waals surface area contributed by atoms with Gasteiger partial charge in [-0.3, -0.25) is 4.79 Å². The van der Waals surface area contributed by atoms with Gasteiger partial charge in [0.1, 0.15) is 5.82 Å². The predicted molar refractivity (Wildman–Crippen MR) is 75.8 cm³/mol. The Morgan fingerprint density at radius 2 is 2.05 bits per heavy atom. The number of carbonyl (C=O) groups excluding carboxylic acids is 1. The van der Waals surface area contributed by atoms with Gasteiger partial charge in [-0.25, -0.2) is 4.39 Å². The summed E-state index contributed by atoms with van der Waals surface area (Å²) in [6.07, 6.45) is 3.22. The third kappa shape index (κ3) is 3.01. The van der Waals surface area contributed by atoms with Crippen LogP contribution < -0.4 is 5.32 Å². The number of benzene rings is 1. The normalized spacial score (nSPS) is 28.4. The smallest absolute Gasteiger partial charge is 0.220 e. The van der Waals surface area contributed by atoms with Crippen LogP contribution in [0.2, 0.25) is 0 Å². The predicted octanol–water partition coefficient (Wildman–Crippen LogP) is 1.97. The largest absolute Gasteiger partial charge is 0.352 e. The van der Waals surface area contributed by atoms with Gasteiger partial charge in [0, 0.05) is 19.0 Å². The maximum Gasteiger partial charge on any atom is 0.220 e. The number of fused-ring (bicyclic) bond motifs is 3. The van der Waals surface area contributed by atoms with Gasteiger partial charge in [0.25, 0.3) is 0 Å². The van der Waals surface area contributed by atoms with Gasteiger partial charge >= 0.3 is 0 Å². The first-order chi connectivity index (χ1) is 9.72. The summed E-state index contributed by atoms with van der Waals surface area (Å²) < 4.78 is 13.5. The molecule has 0 aliphatic carbocycles. The maximum absolute atomic E-state index is 13.5. The van der Waals surface area contributed by atoms with Gasteiger partial charge in [0.2, 0.25) is 5.91 Å². The number of rotatable bonds is 4. The lowest BCUT2D eigenvalue weighted by Gasteiger charge is -2.44. The third-order valence-corrected chi connectivity index (χ3v) is 4.58. The summed E-state index contributed by atoms with van der Waals surface area (Å²) in [5.74, 6) is 0.465. The lowest BCUT2D eigenvalue weighted by molar-refractivity contribution is -0.123. The van der Waals surface area contributed by atoms with Crippen LogP contribution in [0.1, 0.15) is 24.8 Å². The number of piperidine rings is 3. The lowest BCUT2D eigenvalue weighted by Crippen LogP contribution is -2.57. The zero-order chi connectivity index (χ0) is 13.9. The number of amides is 1. The minimum Gasteiger partial charge on any atom is -0.352 e. The summed E-state index contributed by atoms with van der Waals surface area (Å²) in [7, 11) is 0. The monoisotopic (exact) mass is 276 g/mol. The second kappa shape index (κ2) is 5.92. The zero-order valence-corrected chi connectivity index (χ0v) is 11.6. The van der Waals surface area contributed by atoms with E-state index in [-0.39, 0.29) is 11.7 Å². The van der Waals surface area contributed by atoms with Crippen molar-refractivity contribution in [1.82, 2.24) is 10.2 Å². The van der Waals surface area contributed by atoms with Crippen molar-refractivity contribution in [3.05, 3.63) is 35.6 Å². The Morgan fingerprint density at radius 1 is 1.30 bits per heavy atom. The topological polar surface area (TPSA) is 32.3 Å². The zero-order valence-electron chi connectivity index (χ0n) is 11.6.